The summed E-state index contributed by atoms with van der Waals surface area (Å²) in [5, 5.41) is 0.923. The second-order valence-corrected chi connectivity index (χ2v) is 4.21. The van der Waals surface area contributed by atoms with E-state index in [-0.39, 0.29) is 5.97 Å². The number of allylic oxidation sites excluding steroid dienone is 3. The lowest BCUT2D eigenvalue weighted by atomic mass is 10.2. The van der Waals surface area contributed by atoms with Gasteiger partial charge in [0.05, 0.1) is 6.61 Å². The van der Waals surface area contributed by atoms with Crippen LogP contribution in [0.2, 0.25) is 0 Å². The second kappa shape index (κ2) is 3.77. The summed E-state index contributed by atoms with van der Waals surface area (Å²) in [5.41, 5.74) is 1.14. The van der Waals surface area contributed by atoms with Crippen LogP contribution in [0.1, 0.15) is 19.8 Å². The van der Waals surface area contributed by atoms with Crippen molar-refractivity contribution in [2.24, 2.45) is 11.8 Å². The maximum atomic E-state index is 11.1. The molecule has 76 valence electrons. The lowest BCUT2D eigenvalue weighted by Gasteiger charge is -1.98. The van der Waals surface area contributed by atoms with Gasteiger partial charge in [0.15, 0.2) is 0 Å². The van der Waals surface area contributed by atoms with Gasteiger partial charge in [-0.3, -0.25) is 0 Å². The Balaban J connectivity index is 1.96. The van der Waals surface area contributed by atoms with Crippen molar-refractivity contribution in [1.29, 1.82) is 0 Å². The van der Waals surface area contributed by atoms with Crippen molar-refractivity contribution < 1.29 is 9.53 Å². The zero-order valence-electron chi connectivity index (χ0n) is 8.13. The third-order valence-electron chi connectivity index (χ3n) is 2.76. The Labute approximate surface area is 88.6 Å². The molecular weight excluding hydrogens is 200 g/mol. The van der Waals surface area contributed by atoms with Gasteiger partial charge in [0.25, 0.3) is 0 Å². The smallest absolute Gasteiger partial charge is 0.330 e. The van der Waals surface area contributed by atoms with Crippen LogP contribution < -0.4 is 0 Å². The molecule has 0 aromatic carbocycles. The molecule has 0 radical (unpaired) electrons. The van der Waals surface area contributed by atoms with Crippen LogP contribution in [0.4, 0.5) is 0 Å². The van der Waals surface area contributed by atoms with Crippen LogP contribution in [0.5, 0.6) is 0 Å². The van der Waals surface area contributed by atoms with E-state index < -0.39 is 0 Å². The van der Waals surface area contributed by atoms with Crippen LogP contribution in [-0.2, 0) is 9.53 Å². The molecule has 0 aliphatic heterocycles. The van der Waals surface area contributed by atoms with Crippen LogP contribution in [0.3, 0.4) is 0 Å². The van der Waals surface area contributed by atoms with E-state index in [9.17, 15) is 4.79 Å². The summed E-state index contributed by atoms with van der Waals surface area (Å²) in [6, 6.07) is 0. The van der Waals surface area contributed by atoms with Gasteiger partial charge in [-0.05, 0) is 37.2 Å². The number of esters is 1. The van der Waals surface area contributed by atoms with Gasteiger partial charge >= 0.3 is 5.97 Å². The summed E-state index contributed by atoms with van der Waals surface area (Å²) in [5.74, 6) is 1.09. The van der Waals surface area contributed by atoms with E-state index in [1.165, 1.54) is 12.5 Å². The number of carbonyl (C=O) groups excluding carboxylic acids is 1. The van der Waals surface area contributed by atoms with Crippen LogP contribution >= 0.6 is 11.6 Å². The third kappa shape index (κ3) is 1.85. The molecule has 2 aliphatic rings. The molecule has 0 aromatic rings. The molecule has 2 aliphatic carbocycles. The Morgan fingerprint density at radius 3 is 3.07 bits per heavy atom. The maximum Gasteiger partial charge on any atom is 0.330 e. The molecule has 2 unspecified atom stereocenters. The second-order valence-electron chi connectivity index (χ2n) is 3.75. The van der Waals surface area contributed by atoms with E-state index >= 15 is 0 Å². The maximum absolute atomic E-state index is 11.1. The first-order chi connectivity index (χ1) is 6.72. The molecule has 14 heavy (non-hydrogen) atoms. The largest absolute Gasteiger partial charge is 0.463 e. The van der Waals surface area contributed by atoms with Crippen molar-refractivity contribution in [2.45, 2.75) is 19.8 Å². The molecule has 0 N–H and O–H groups in total. The minimum absolute atomic E-state index is 0.284. The minimum Gasteiger partial charge on any atom is -0.463 e. The Kier molecular flexibility index (Phi) is 2.64. The number of halogens is 1. The summed E-state index contributed by atoms with van der Waals surface area (Å²) >= 11 is 6.04. The molecule has 1 saturated carbocycles. The SMILES string of the molecule is CCOC(=O)C=CC1=C(Cl)CC2CC12. The van der Waals surface area contributed by atoms with Gasteiger partial charge < -0.3 is 4.74 Å². The van der Waals surface area contributed by atoms with Crippen molar-refractivity contribution in [1.82, 2.24) is 0 Å². The van der Waals surface area contributed by atoms with Gasteiger partial charge in [0.2, 0.25) is 0 Å². The molecule has 1 fully saturated rings. The van der Waals surface area contributed by atoms with Gasteiger partial charge in [-0.1, -0.05) is 17.7 Å². The Bertz CT molecular complexity index is 317. The van der Waals surface area contributed by atoms with Gasteiger partial charge in [0.1, 0.15) is 0 Å². The first kappa shape index (κ1) is 9.78. The lowest BCUT2D eigenvalue weighted by molar-refractivity contribution is -0.137. The number of ether oxygens (including phenoxy) is 1. The zero-order valence-corrected chi connectivity index (χ0v) is 8.88. The zero-order chi connectivity index (χ0) is 10.1. The minimum atomic E-state index is -0.284. The molecular formula is C11H13ClO2. The summed E-state index contributed by atoms with van der Waals surface area (Å²) < 4.78 is 4.79. The Morgan fingerprint density at radius 1 is 1.71 bits per heavy atom. The average molecular weight is 213 g/mol. The monoisotopic (exact) mass is 212 g/mol. The average Bonchev–Trinajstić information content (AvgIpc) is 2.79. The number of hydrogen-bond donors (Lipinski definition) is 0. The lowest BCUT2D eigenvalue weighted by Crippen LogP contribution is -1.99. The molecule has 3 heteroatoms. The van der Waals surface area contributed by atoms with Gasteiger partial charge in [-0.15, -0.1) is 0 Å². The Hall–Kier alpha value is -0.760. The number of fused-ring (bicyclic) bond motifs is 1. The Morgan fingerprint density at radius 2 is 2.50 bits per heavy atom. The fourth-order valence-electron chi connectivity index (χ4n) is 1.97. The predicted molar refractivity (Wildman–Crippen MR) is 54.9 cm³/mol. The van der Waals surface area contributed by atoms with Crippen molar-refractivity contribution in [3.63, 3.8) is 0 Å². The summed E-state index contributed by atoms with van der Waals surface area (Å²) in [6.45, 7) is 2.21. The standard InChI is InChI=1S/C11H13ClO2/c1-2-14-11(13)4-3-8-9-5-7(9)6-10(8)12/h3-4,7,9H,2,5-6H2,1H3. The van der Waals surface area contributed by atoms with Gasteiger partial charge in [-0.25, -0.2) is 4.79 Å². The van der Waals surface area contributed by atoms with E-state index in [1.807, 2.05) is 6.08 Å². The normalized spacial score (nSPS) is 29.6. The van der Waals surface area contributed by atoms with E-state index in [1.54, 1.807) is 6.92 Å². The topological polar surface area (TPSA) is 26.3 Å². The molecule has 0 saturated heterocycles. The highest BCUT2D eigenvalue weighted by Gasteiger charge is 2.45. The molecule has 0 spiro atoms. The van der Waals surface area contributed by atoms with E-state index in [2.05, 4.69) is 0 Å². The first-order valence-corrected chi connectivity index (χ1v) is 5.33. The summed E-state index contributed by atoms with van der Waals surface area (Å²) in [4.78, 5) is 11.1. The van der Waals surface area contributed by atoms with Crippen molar-refractivity contribution in [3.8, 4) is 0 Å². The highest BCUT2D eigenvalue weighted by Crippen LogP contribution is 2.56. The number of rotatable bonds is 3. The molecule has 0 bridgehead atoms. The fourth-order valence-corrected chi connectivity index (χ4v) is 2.37. The van der Waals surface area contributed by atoms with Crippen molar-refractivity contribution in [3.05, 3.63) is 22.8 Å². The molecule has 2 atom stereocenters. The van der Waals surface area contributed by atoms with Crippen LogP contribution in [0.15, 0.2) is 22.8 Å². The van der Waals surface area contributed by atoms with Crippen LogP contribution in [-0.4, -0.2) is 12.6 Å². The predicted octanol–water partition coefficient (Wildman–Crippen LogP) is 2.64. The van der Waals surface area contributed by atoms with E-state index in [0.29, 0.717) is 12.5 Å². The van der Waals surface area contributed by atoms with Crippen LogP contribution in [0, 0.1) is 11.8 Å². The van der Waals surface area contributed by atoms with Crippen molar-refractivity contribution >= 4 is 17.6 Å². The van der Waals surface area contributed by atoms with E-state index in [0.717, 1.165) is 22.9 Å². The quantitative estimate of drug-likeness (QED) is 0.531. The van der Waals surface area contributed by atoms with Crippen molar-refractivity contribution in [2.75, 3.05) is 6.61 Å². The third-order valence-corrected chi connectivity index (χ3v) is 3.13. The fraction of sp³-hybridized carbons (Fsp3) is 0.545. The highest BCUT2D eigenvalue weighted by atomic mass is 35.5. The number of hydrogen-bond acceptors (Lipinski definition) is 2. The van der Waals surface area contributed by atoms with E-state index in [4.69, 9.17) is 16.3 Å². The molecule has 2 nitrogen and oxygen atoms in total. The highest BCUT2D eigenvalue weighted by molar-refractivity contribution is 6.30. The molecule has 0 aromatic heterocycles. The van der Waals surface area contributed by atoms with Crippen LogP contribution in [0.25, 0.3) is 0 Å². The molecule has 2 rings (SSSR count). The number of carbonyl (C=O) groups is 1. The molecule has 0 amide bonds. The van der Waals surface area contributed by atoms with Gasteiger partial charge in [-0.2, -0.15) is 0 Å². The summed E-state index contributed by atoms with van der Waals surface area (Å²) in [7, 11) is 0. The first-order valence-electron chi connectivity index (χ1n) is 4.95. The molecule has 0 heterocycles. The van der Waals surface area contributed by atoms with Gasteiger partial charge in [0, 0.05) is 11.1 Å². The summed E-state index contributed by atoms with van der Waals surface area (Å²) in [6.07, 6.45) is 5.52.